The van der Waals surface area contributed by atoms with Crippen molar-refractivity contribution >= 4 is 22.9 Å². The molecule has 0 spiro atoms. The third kappa shape index (κ3) is 3.60. The highest BCUT2D eigenvalue weighted by molar-refractivity contribution is 6.02. The van der Waals surface area contributed by atoms with E-state index in [1.807, 2.05) is 12.1 Å². The number of H-pyrrole nitrogens is 1. The van der Waals surface area contributed by atoms with E-state index in [1.165, 1.54) is 20.0 Å². The second kappa shape index (κ2) is 7.80. The van der Waals surface area contributed by atoms with Crippen molar-refractivity contribution in [1.29, 1.82) is 0 Å². The first-order valence-corrected chi connectivity index (χ1v) is 9.46. The number of pyridine rings is 1. The SMILES string of the molecule is COC(=O)c1cccc(CNC(=O)c2nccc3[nH]c(C4CCCC4)nc23)c1. The maximum atomic E-state index is 12.7. The van der Waals surface area contributed by atoms with Crippen LogP contribution in [0.25, 0.3) is 11.0 Å². The summed E-state index contributed by atoms with van der Waals surface area (Å²) in [5.74, 6) is 0.679. The van der Waals surface area contributed by atoms with Gasteiger partial charge in [-0.2, -0.15) is 0 Å². The largest absolute Gasteiger partial charge is 0.465 e. The van der Waals surface area contributed by atoms with Crippen molar-refractivity contribution in [3.63, 3.8) is 0 Å². The molecule has 0 radical (unpaired) electrons. The summed E-state index contributed by atoms with van der Waals surface area (Å²) < 4.78 is 4.73. The number of rotatable bonds is 5. The van der Waals surface area contributed by atoms with Gasteiger partial charge in [-0.1, -0.05) is 25.0 Å². The number of hydrogen-bond acceptors (Lipinski definition) is 5. The Kier molecular flexibility index (Phi) is 5.06. The van der Waals surface area contributed by atoms with Crippen LogP contribution in [0.15, 0.2) is 36.5 Å². The van der Waals surface area contributed by atoms with Crippen LogP contribution in [0.4, 0.5) is 0 Å². The molecule has 144 valence electrons. The molecule has 2 aromatic heterocycles. The zero-order valence-electron chi connectivity index (χ0n) is 15.7. The van der Waals surface area contributed by atoms with Crippen LogP contribution < -0.4 is 5.32 Å². The lowest BCUT2D eigenvalue weighted by Gasteiger charge is -2.07. The van der Waals surface area contributed by atoms with Crippen molar-refractivity contribution in [3.05, 3.63) is 59.2 Å². The maximum Gasteiger partial charge on any atom is 0.337 e. The molecule has 0 unspecified atom stereocenters. The van der Waals surface area contributed by atoms with E-state index in [-0.39, 0.29) is 12.5 Å². The Morgan fingerprint density at radius 3 is 2.86 bits per heavy atom. The molecule has 3 aromatic rings. The molecule has 0 atom stereocenters. The number of aromatic nitrogens is 3. The van der Waals surface area contributed by atoms with E-state index in [1.54, 1.807) is 24.4 Å². The van der Waals surface area contributed by atoms with Crippen LogP contribution in [0, 0.1) is 0 Å². The van der Waals surface area contributed by atoms with Crippen molar-refractivity contribution < 1.29 is 14.3 Å². The summed E-state index contributed by atoms with van der Waals surface area (Å²) in [5, 5.41) is 2.86. The van der Waals surface area contributed by atoms with Gasteiger partial charge in [-0.05, 0) is 36.6 Å². The molecular weight excluding hydrogens is 356 g/mol. The number of carbonyl (C=O) groups is 2. The van der Waals surface area contributed by atoms with Crippen LogP contribution in [-0.2, 0) is 11.3 Å². The van der Waals surface area contributed by atoms with Gasteiger partial charge in [0.25, 0.3) is 5.91 Å². The van der Waals surface area contributed by atoms with Gasteiger partial charge in [0, 0.05) is 18.7 Å². The van der Waals surface area contributed by atoms with Gasteiger partial charge in [-0.3, -0.25) is 4.79 Å². The van der Waals surface area contributed by atoms with Gasteiger partial charge in [0.1, 0.15) is 11.3 Å². The standard InChI is InChI=1S/C21H22N4O3/c1-28-21(27)15-8-4-5-13(11-15)12-23-20(26)18-17-16(9-10-22-18)24-19(25-17)14-6-2-3-7-14/h4-5,8-11,14H,2-3,6-7,12H2,1H3,(H,23,26)(H,24,25). The molecule has 28 heavy (non-hydrogen) atoms. The maximum absolute atomic E-state index is 12.7. The average Bonchev–Trinajstić information content (AvgIpc) is 3.40. The number of amides is 1. The van der Waals surface area contributed by atoms with Gasteiger partial charge >= 0.3 is 5.97 Å². The minimum absolute atomic E-state index is 0.279. The van der Waals surface area contributed by atoms with Crippen molar-refractivity contribution in [1.82, 2.24) is 20.3 Å². The van der Waals surface area contributed by atoms with E-state index in [2.05, 4.69) is 20.3 Å². The Morgan fingerprint density at radius 2 is 2.07 bits per heavy atom. The summed E-state index contributed by atoms with van der Waals surface area (Å²) in [7, 11) is 1.34. The van der Waals surface area contributed by atoms with Gasteiger partial charge in [-0.15, -0.1) is 0 Å². The average molecular weight is 378 g/mol. The number of esters is 1. The first-order chi connectivity index (χ1) is 13.7. The molecule has 1 fully saturated rings. The molecule has 7 heteroatoms. The number of nitrogens with zero attached hydrogens (tertiary/aromatic N) is 2. The summed E-state index contributed by atoms with van der Waals surface area (Å²) >= 11 is 0. The molecule has 1 saturated carbocycles. The van der Waals surface area contributed by atoms with Gasteiger partial charge < -0.3 is 15.0 Å². The summed E-state index contributed by atoms with van der Waals surface area (Å²) in [6.07, 6.45) is 6.32. The number of benzene rings is 1. The summed E-state index contributed by atoms with van der Waals surface area (Å²) in [6.45, 7) is 0.279. The molecule has 2 heterocycles. The van der Waals surface area contributed by atoms with E-state index < -0.39 is 5.97 Å². The Labute approximate surface area is 162 Å². The van der Waals surface area contributed by atoms with Crippen molar-refractivity contribution in [3.8, 4) is 0 Å². The highest BCUT2D eigenvalue weighted by Crippen LogP contribution is 2.33. The van der Waals surface area contributed by atoms with Crippen LogP contribution in [0.2, 0.25) is 0 Å². The van der Waals surface area contributed by atoms with E-state index >= 15 is 0 Å². The molecule has 1 amide bonds. The predicted molar refractivity (Wildman–Crippen MR) is 104 cm³/mol. The fraction of sp³-hybridized carbons (Fsp3) is 0.333. The van der Waals surface area contributed by atoms with Gasteiger partial charge in [-0.25, -0.2) is 14.8 Å². The number of fused-ring (bicyclic) bond motifs is 1. The lowest BCUT2D eigenvalue weighted by Crippen LogP contribution is -2.24. The third-order valence-electron chi connectivity index (χ3n) is 5.18. The number of imidazole rings is 1. The first-order valence-electron chi connectivity index (χ1n) is 9.46. The second-order valence-corrected chi connectivity index (χ2v) is 7.03. The lowest BCUT2D eigenvalue weighted by molar-refractivity contribution is 0.0600. The number of nitrogens with one attached hydrogen (secondary N) is 2. The number of carbonyl (C=O) groups excluding carboxylic acids is 2. The molecule has 1 aromatic carbocycles. The minimum Gasteiger partial charge on any atom is -0.465 e. The van der Waals surface area contributed by atoms with Crippen LogP contribution >= 0.6 is 0 Å². The fourth-order valence-electron chi connectivity index (χ4n) is 3.71. The Balaban J connectivity index is 1.52. The van der Waals surface area contributed by atoms with Crippen molar-refractivity contribution in [2.24, 2.45) is 0 Å². The molecule has 4 rings (SSSR count). The van der Waals surface area contributed by atoms with Gasteiger partial charge in [0.2, 0.25) is 0 Å². The minimum atomic E-state index is -0.407. The van der Waals surface area contributed by atoms with E-state index in [9.17, 15) is 9.59 Å². The van der Waals surface area contributed by atoms with Gasteiger partial charge in [0.15, 0.2) is 5.69 Å². The second-order valence-electron chi connectivity index (χ2n) is 7.03. The summed E-state index contributed by atoms with van der Waals surface area (Å²) in [5.41, 5.74) is 2.99. The zero-order chi connectivity index (χ0) is 19.5. The van der Waals surface area contributed by atoms with Crippen LogP contribution in [0.5, 0.6) is 0 Å². The molecule has 7 nitrogen and oxygen atoms in total. The van der Waals surface area contributed by atoms with E-state index in [0.29, 0.717) is 22.7 Å². The van der Waals surface area contributed by atoms with Crippen LogP contribution in [0.3, 0.4) is 0 Å². The molecule has 0 bridgehead atoms. The molecule has 0 saturated heterocycles. The normalized spacial score (nSPS) is 14.3. The molecule has 2 N–H and O–H groups in total. The van der Waals surface area contributed by atoms with E-state index in [0.717, 1.165) is 29.7 Å². The first kappa shape index (κ1) is 18.2. The quantitative estimate of drug-likeness (QED) is 0.664. The highest BCUT2D eigenvalue weighted by Gasteiger charge is 2.22. The Hall–Kier alpha value is -3.22. The topological polar surface area (TPSA) is 97.0 Å². The summed E-state index contributed by atoms with van der Waals surface area (Å²) in [6, 6.07) is 8.82. The Bertz CT molecular complexity index is 1020. The number of hydrogen-bond donors (Lipinski definition) is 2. The highest BCUT2D eigenvalue weighted by atomic mass is 16.5. The predicted octanol–water partition coefficient (Wildman–Crippen LogP) is 3.33. The van der Waals surface area contributed by atoms with Gasteiger partial charge in [0.05, 0.1) is 18.2 Å². The lowest BCUT2D eigenvalue weighted by atomic mass is 10.1. The molecule has 1 aliphatic carbocycles. The smallest absolute Gasteiger partial charge is 0.337 e. The van der Waals surface area contributed by atoms with Crippen LogP contribution in [-0.4, -0.2) is 33.9 Å². The van der Waals surface area contributed by atoms with Crippen molar-refractivity contribution in [2.45, 2.75) is 38.1 Å². The zero-order valence-corrected chi connectivity index (χ0v) is 15.7. The molecule has 0 aliphatic heterocycles. The van der Waals surface area contributed by atoms with Crippen molar-refractivity contribution in [2.75, 3.05) is 7.11 Å². The molecular formula is C21H22N4O3. The monoisotopic (exact) mass is 378 g/mol. The Morgan fingerprint density at radius 1 is 1.25 bits per heavy atom. The summed E-state index contributed by atoms with van der Waals surface area (Å²) in [4.78, 5) is 36.6. The number of methoxy groups -OCH3 is 1. The number of ether oxygens (including phenoxy) is 1. The molecule has 1 aliphatic rings. The third-order valence-corrected chi connectivity index (χ3v) is 5.18. The number of aromatic amines is 1. The fourth-order valence-corrected chi connectivity index (χ4v) is 3.71. The van der Waals surface area contributed by atoms with E-state index in [4.69, 9.17) is 4.74 Å². The van der Waals surface area contributed by atoms with Crippen LogP contribution in [0.1, 0.15) is 63.8 Å².